The number of primary amides is 1. The number of hydrogen-bond donors (Lipinski definition) is 1. The highest BCUT2D eigenvalue weighted by atomic mass is 19.1. The van der Waals surface area contributed by atoms with Crippen LogP contribution in [0.4, 0.5) is 4.39 Å². The molecular formula is C17H22FN5O. The van der Waals surface area contributed by atoms with E-state index < -0.39 is 11.9 Å². The molecule has 7 heteroatoms. The van der Waals surface area contributed by atoms with Gasteiger partial charge in [-0.1, -0.05) is 12.1 Å². The van der Waals surface area contributed by atoms with Crippen LogP contribution >= 0.6 is 0 Å². The number of aromatic nitrogens is 3. The van der Waals surface area contributed by atoms with E-state index in [1.807, 2.05) is 18.5 Å². The highest BCUT2D eigenvalue weighted by molar-refractivity contribution is 5.81. The molecule has 2 aromatic rings. The van der Waals surface area contributed by atoms with Crippen LogP contribution in [0.25, 0.3) is 0 Å². The Morgan fingerprint density at radius 1 is 1.38 bits per heavy atom. The standard InChI is InChI=1S/C17H22FN5O/c1-11-20-12(2)23(21-11)10-15-4-3-9-22(15)16(17(19)24)13-5-7-14(18)8-6-13/h5-8,15-16H,3-4,9-10H2,1-2H3,(H2,19,24)/t15-,16+/m1/s1. The highest BCUT2D eigenvalue weighted by Crippen LogP contribution is 2.30. The van der Waals surface area contributed by atoms with Gasteiger partial charge in [0, 0.05) is 6.04 Å². The minimum atomic E-state index is -0.553. The van der Waals surface area contributed by atoms with E-state index >= 15 is 0 Å². The smallest absolute Gasteiger partial charge is 0.239 e. The number of rotatable bonds is 5. The van der Waals surface area contributed by atoms with Crippen molar-refractivity contribution in [2.45, 2.75) is 45.3 Å². The molecule has 1 saturated heterocycles. The van der Waals surface area contributed by atoms with Crippen molar-refractivity contribution in [3.63, 3.8) is 0 Å². The fraction of sp³-hybridized carbons (Fsp3) is 0.471. The van der Waals surface area contributed by atoms with Crippen molar-refractivity contribution in [2.24, 2.45) is 5.73 Å². The molecule has 3 rings (SSSR count). The van der Waals surface area contributed by atoms with Gasteiger partial charge in [0.1, 0.15) is 23.5 Å². The zero-order valence-corrected chi connectivity index (χ0v) is 13.9. The molecule has 0 unspecified atom stereocenters. The molecule has 1 aliphatic rings. The average molecular weight is 331 g/mol. The Kier molecular flexibility index (Phi) is 4.62. The van der Waals surface area contributed by atoms with E-state index in [-0.39, 0.29) is 11.9 Å². The van der Waals surface area contributed by atoms with E-state index in [9.17, 15) is 9.18 Å². The van der Waals surface area contributed by atoms with Gasteiger partial charge in [0.05, 0.1) is 6.54 Å². The van der Waals surface area contributed by atoms with Crippen LogP contribution in [0.1, 0.15) is 36.1 Å². The van der Waals surface area contributed by atoms with Crippen molar-refractivity contribution < 1.29 is 9.18 Å². The molecule has 128 valence electrons. The maximum atomic E-state index is 13.2. The lowest BCUT2D eigenvalue weighted by Gasteiger charge is -2.31. The van der Waals surface area contributed by atoms with E-state index in [0.717, 1.165) is 36.6 Å². The predicted octanol–water partition coefficient (Wildman–Crippen LogP) is 1.73. The summed E-state index contributed by atoms with van der Waals surface area (Å²) in [4.78, 5) is 18.5. The van der Waals surface area contributed by atoms with Gasteiger partial charge < -0.3 is 5.73 Å². The highest BCUT2D eigenvalue weighted by Gasteiger charge is 2.35. The second kappa shape index (κ2) is 6.68. The van der Waals surface area contributed by atoms with Crippen LogP contribution in [0.3, 0.4) is 0 Å². The van der Waals surface area contributed by atoms with Crippen LogP contribution in [-0.2, 0) is 11.3 Å². The van der Waals surface area contributed by atoms with E-state index in [0.29, 0.717) is 6.54 Å². The summed E-state index contributed by atoms with van der Waals surface area (Å²) in [5.74, 6) is 0.854. The third kappa shape index (κ3) is 3.31. The fourth-order valence-electron chi connectivity index (χ4n) is 3.49. The topological polar surface area (TPSA) is 77.0 Å². The number of amides is 1. The van der Waals surface area contributed by atoms with Gasteiger partial charge in [-0.25, -0.2) is 14.1 Å². The first kappa shape index (κ1) is 16.6. The summed E-state index contributed by atoms with van der Waals surface area (Å²) < 4.78 is 15.1. The number of hydrogen-bond acceptors (Lipinski definition) is 4. The Morgan fingerprint density at radius 2 is 2.08 bits per heavy atom. The molecule has 6 nitrogen and oxygen atoms in total. The van der Waals surface area contributed by atoms with Crippen molar-refractivity contribution in [1.29, 1.82) is 0 Å². The Bertz CT molecular complexity index is 727. The number of carbonyl (C=O) groups excluding carboxylic acids is 1. The van der Waals surface area contributed by atoms with Crippen molar-refractivity contribution in [2.75, 3.05) is 6.54 Å². The lowest BCUT2D eigenvalue weighted by Crippen LogP contribution is -2.42. The van der Waals surface area contributed by atoms with Gasteiger partial charge >= 0.3 is 0 Å². The molecule has 0 bridgehead atoms. The van der Waals surface area contributed by atoms with Crippen molar-refractivity contribution in [1.82, 2.24) is 19.7 Å². The summed E-state index contributed by atoms with van der Waals surface area (Å²) >= 11 is 0. The summed E-state index contributed by atoms with van der Waals surface area (Å²) in [6, 6.07) is 5.58. The second-order valence-corrected chi connectivity index (χ2v) is 6.28. The molecular weight excluding hydrogens is 309 g/mol. The first-order valence-electron chi connectivity index (χ1n) is 8.14. The number of nitrogens with zero attached hydrogens (tertiary/aromatic N) is 4. The predicted molar refractivity (Wildman–Crippen MR) is 87.6 cm³/mol. The molecule has 24 heavy (non-hydrogen) atoms. The largest absolute Gasteiger partial charge is 0.368 e. The van der Waals surface area contributed by atoms with Gasteiger partial charge in [-0.15, -0.1) is 0 Å². The van der Waals surface area contributed by atoms with Gasteiger partial charge in [-0.3, -0.25) is 9.69 Å². The molecule has 1 aromatic carbocycles. The van der Waals surface area contributed by atoms with Crippen LogP contribution in [0, 0.1) is 19.7 Å². The van der Waals surface area contributed by atoms with E-state index in [1.54, 1.807) is 12.1 Å². The molecule has 1 aliphatic heterocycles. The van der Waals surface area contributed by atoms with E-state index in [2.05, 4.69) is 15.0 Å². The molecule has 0 aliphatic carbocycles. The first-order chi connectivity index (χ1) is 11.5. The van der Waals surface area contributed by atoms with Gasteiger partial charge in [-0.05, 0) is 50.9 Å². The quantitative estimate of drug-likeness (QED) is 0.905. The second-order valence-electron chi connectivity index (χ2n) is 6.28. The van der Waals surface area contributed by atoms with Gasteiger partial charge in [0.2, 0.25) is 5.91 Å². The van der Waals surface area contributed by atoms with E-state index in [1.165, 1.54) is 12.1 Å². The maximum absolute atomic E-state index is 13.2. The third-order valence-corrected chi connectivity index (χ3v) is 4.56. The Labute approximate surface area is 140 Å². The number of carbonyl (C=O) groups is 1. The zero-order chi connectivity index (χ0) is 17.3. The molecule has 0 saturated carbocycles. The van der Waals surface area contributed by atoms with Crippen LogP contribution in [-0.4, -0.2) is 38.2 Å². The number of likely N-dealkylation sites (tertiary alicyclic amines) is 1. The molecule has 2 heterocycles. The summed E-state index contributed by atoms with van der Waals surface area (Å²) in [5, 5.41) is 4.41. The Morgan fingerprint density at radius 3 is 2.67 bits per heavy atom. The average Bonchev–Trinajstić information content (AvgIpc) is 3.08. The SMILES string of the molecule is Cc1nc(C)n(C[C@H]2CCCN2[C@H](C(N)=O)c2ccc(F)cc2)n1. The molecule has 2 atom stereocenters. The lowest BCUT2D eigenvalue weighted by molar-refractivity contribution is -0.124. The Balaban J connectivity index is 1.85. The molecule has 1 amide bonds. The zero-order valence-electron chi connectivity index (χ0n) is 13.9. The van der Waals surface area contributed by atoms with Gasteiger partial charge in [0.25, 0.3) is 0 Å². The van der Waals surface area contributed by atoms with Crippen molar-refractivity contribution >= 4 is 5.91 Å². The maximum Gasteiger partial charge on any atom is 0.239 e. The summed E-state index contributed by atoms with van der Waals surface area (Å²) in [7, 11) is 0. The van der Waals surface area contributed by atoms with Crippen LogP contribution < -0.4 is 5.73 Å². The minimum absolute atomic E-state index is 0.146. The molecule has 1 aromatic heterocycles. The lowest BCUT2D eigenvalue weighted by atomic mass is 10.0. The minimum Gasteiger partial charge on any atom is -0.368 e. The van der Waals surface area contributed by atoms with Gasteiger partial charge in [0.15, 0.2) is 0 Å². The number of benzene rings is 1. The van der Waals surface area contributed by atoms with Crippen LogP contribution in [0.2, 0.25) is 0 Å². The van der Waals surface area contributed by atoms with E-state index in [4.69, 9.17) is 5.73 Å². The molecule has 0 spiro atoms. The number of halogens is 1. The van der Waals surface area contributed by atoms with Gasteiger partial charge in [-0.2, -0.15) is 5.10 Å². The monoisotopic (exact) mass is 331 g/mol. The number of aryl methyl sites for hydroxylation is 2. The van der Waals surface area contributed by atoms with Crippen LogP contribution in [0.15, 0.2) is 24.3 Å². The first-order valence-corrected chi connectivity index (χ1v) is 8.14. The summed E-state index contributed by atoms with van der Waals surface area (Å²) in [6.07, 6.45) is 1.95. The molecule has 0 radical (unpaired) electrons. The fourth-order valence-corrected chi connectivity index (χ4v) is 3.49. The molecule has 1 fully saturated rings. The third-order valence-electron chi connectivity index (χ3n) is 4.56. The normalized spacial score (nSPS) is 19.5. The van der Waals surface area contributed by atoms with Crippen molar-refractivity contribution in [3.05, 3.63) is 47.3 Å². The summed E-state index contributed by atoms with van der Waals surface area (Å²) in [5.41, 5.74) is 6.39. The number of nitrogens with two attached hydrogens (primary N) is 1. The van der Waals surface area contributed by atoms with Crippen molar-refractivity contribution in [3.8, 4) is 0 Å². The van der Waals surface area contributed by atoms with Crippen LogP contribution in [0.5, 0.6) is 0 Å². The molecule has 2 N–H and O–H groups in total. The Hall–Kier alpha value is -2.28. The summed E-state index contributed by atoms with van der Waals surface area (Å²) in [6.45, 7) is 5.23.